The lowest BCUT2D eigenvalue weighted by molar-refractivity contribution is -0.149. The topological polar surface area (TPSA) is 63.9 Å². The Morgan fingerprint density at radius 3 is 2.64 bits per heavy atom. The molecule has 3 heterocycles. The Morgan fingerprint density at radius 2 is 2.00 bits per heavy atom. The number of likely N-dealkylation sites (tertiary alicyclic amines) is 1. The number of halogens is 1. The fraction of sp³-hybridized carbons (Fsp3) is 0.500. The highest BCUT2D eigenvalue weighted by Gasteiger charge is 2.31. The van der Waals surface area contributed by atoms with Crippen molar-refractivity contribution in [3.05, 3.63) is 35.5 Å². The molecule has 2 aromatic heterocycles. The van der Waals surface area contributed by atoms with Crippen molar-refractivity contribution in [1.82, 2.24) is 14.3 Å². The molecule has 1 fully saturated rings. The molecule has 1 aliphatic rings. The minimum Gasteiger partial charge on any atom is -0.466 e. The normalized spacial score (nSPS) is 15.6. The zero-order chi connectivity index (χ0) is 18.0. The monoisotopic (exact) mass is 347 g/mol. The molecule has 0 radical (unpaired) electrons. The van der Waals surface area contributed by atoms with Gasteiger partial charge in [0.2, 0.25) is 0 Å². The number of esters is 1. The fourth-order valence-electron chi connectivity index (χ4n) is 3.27. The second-order valence-electron chi connectivity index (χ2n) is 6.15. The van der Waals surface area contributed by atoms with Crippen molar-refractivity contribution < 1.29 is 18.7 Å². The summed E-state index contributed by atoms with van der Waals surface area (Å²) in [4.78, 5) is 31.0. The van der Waals surface area contributed by atoms with Gasteiger partial charge in [-0.05, 0) is 38.3 Å². The average Bonchev–Trinajstić information content (AvgIpc) is 2.99. The molecule has 7 heteroatoms. The third kappa shape index (κ3) is 3.36. The maximum Gasteiger partial charge on any atom is 0.309 e. The summed E-state index contributed by atoms with van der Waals surface area (Å²) in [5.41, 5.74) is 1.62. The molecule has 1 amide bonds. The highest BCUT2D eigenvalue weighted by molar-refractivity contribution is 5.95. The third-order valence-electron chi connectivity index (χ3n) is 4.59. The van der Waals surface area contributed by atoms with E-state index in [-0.39, 0.29) is 17.8 Å². The van der Waals surface area contributed by atoms with Crippen molar-refractivity contribution in [2.75, 3.05) is 19.7 Å². The number of fused-ring (bicyclic) bond motifs is 1. The summed E-state index contributed by atoms with van der Waals surface area (Å²) in [6.07, 6.45) is 3.04. The van der Waals surface area contributed by atoms with Crippen LogP contribution >= 0.6 is 0 Å². The van der Waals surface area contributed by atoms with E-state index in [0.717, 1.165) is 0 Å². The molecular formula is C18H22FN3O3. The number of hydrogen-bond acceptors (Lipinski definition) is 4. The predicted molar refractivity (Wildman–Crippen MR) is 89.8 cm³/mol. The molecule has 0 spiro atoms. The van der Waals surface area contributed by atoms with Gasteiger partial charge in [-0.2, -0.15) is 0 Å². The SMILES string of the molecule is CCOC(=O)C1CCN(C(=O)c2c(CC)nc3ccc(F)cn23)CC1. The highest BCUT2D eigenvalue weighted by atomic mass is 19.1. The molecule has 0 saturated carbocycles. The fourth-order valence-corrected chi connectivity index (χ4v) is 3.27. The van der Waals surface area contributed by atoms with E-state index in [1.165, 1.54) is 16.7 Å². The number of ether oxygens (including phenoxy) is 1. The second kappa shape index (κ2) is 7.21. The molecular weight excluding hydrogens is 325 g/mol. The Balaban J connectivity index is 1.81. The predicted octanol–water partition coefficient (Wildman–Crippen LogP) is 2.45. The Morgan fingerprint density at radius 1 is 1.28 bits per heavy atom. The van der Waals surface area contributed by atoms with Crippen molar-refractivity contribution in [2.24, 2.45) is 5.92 Å². The molecule has 0 aliphatic carbocycles. The summed E-state index contributed by atoms with van der Waals surface area (Å²) < 4.78 is 20.2. The number of pyridine rings is 1. The standard InChI is InChI=1S/C18H22FN3O3/c1-3-14-16(22-11-13(19)5-6-15(22)20-14)17(23)21-9-7-12(8-10-21)18(24)25-4-2/h5-6,11-12H,3-4,7-10H2,1-2H3. The van der Waals surface area contributed by atoms with E-state index in [2.05, 4.69) is 4.98 Å². The lowest BCUT2D eigenvalue weighted by atomic mass is 9.96. The zero-order valence-corrected chi connectivity index (χ0v) is 14.5. The van der Waals surface area contributed by atoms with E-state index in [1.807, 2.05) is 6.92 Å². The van der Waals surface area contributed by atoms with E-state index in [0.29, 0.717) is 56.0 Å². The molecule has 0 atom stereocenters. The van der Waals surface area contributed by atoms with Crippen LogP contribution in [0.2, 0.25) is 0 Å². The Bertz CT molecular complexity index is 794. The van der Waals surface area contributed by atoms with Crippen molar-refractivity contribution in [3.63, 3.8) is 0 Å². The first kappa shape index (κ1) is 17.4. The summed E-state index contributed by atoms with van der Waals surface area (Å²) in [7, 11) is 0. The number of imidazole rings is 1. The summed E-state index contributed by atoms with van der Waals surface area (Å²) in [5, 5.41) is 0. The van der Waals surface area contributed by atoms with Gasteiger partial charge in [-0.1, -0.05) is 6.92 Å². The number of aromatic nitrogens is 2. The minimum atomic E-state index is -0.414. The van der Waals surface area contributed by atoms with Gasteiger partial charge in [0.05, 0.1) is 18.2 Å². The van der Waals surface area contributed by atoms with E-state index >= 15 is 0 Å². The summed E-state index contributed by atoms with van der Waals surface area (Å²) in [5.74, 6) is -0.935. The van der Waals surface area contributed by atoms with Gasteiger partial charge in [0.1, 0.15) is 17.2 Å². The molecule has 6 nitrogen and oxygen atoms in total. The van der Waals surface area contributed by atoms with Gasteiger partial charge < -0.3 is 9.64 Å². The summed E-state index contributed by atoms with van der Waals surface area (Å²) >= 11 is 0. The third-order valence-corrected chi connectivity index (χ3v) is 4.59. The lowest BCUT2D eigenvalue weighted by Crippen LogP contribution is -2.41. The molecule has 0 unspecified atom stereocenters. The molecule has 0 aromatic carbocycles. The van der Waals surface area contributed by atoms with Crippen molar-refractivity contribution in [2.45, 2.75) is 33.1 Å². The number of hydrogen-bond donors (Lipinski definition) is 0. The zero-order valence-electron chi connectivity index (χ0n) is 14.5. The minimum absolute atomic E-state index is 0.158. The number of piperidine rings is 1. The molecule has 2 aromatic rings. The van der Waals surface area contributed by atoms with Crippen LogP contribution in [0.4, 0.5) is 4.39 Å². The van der Waals surface area contributed by atoms with E-state index in [1.54, 1.807) is 17.9 Å². The van der Waals surface area contributed by atoms with Crippen molar-refractivity contribution in [3.8, 4) is 0 Å². The molecule has 1 aliphatic heterocycles. The van der Waals surface area contributed by atoms with Gasteiger partial charge in [-0.3, -0.25) is 14.0 Å². The van der Waals surface area contributed by atoms with Crippen LogP contribution in [-0.4, -0.2) is 45.9 Å². The van der Waals surface area contributed by atoms with Gasteiger partial charge in [0, 0.05) is 19.3 Å². The van der Waals surface area contributed by atoms with Crippen LogP contribution in [0, 0.1) is 11.7 Å². The number of amides is 1. The van der Waals surface area contributed by atoms with Crippen LogP contribution < -0.4 is 0 Å². The average molecular weight is 347 g/mol. The Kier molecular flexibility index (Phi) is 5.01. The van der Waals surface area contributed by atoms with Crippen LogP contribution in [0.3, 0.4) is 0 Å². The largest absolute Gasteiger partial charge is 0.466 e. The first-order valence-corrected chi connectivity index (χ1v) is 8.67. The Labute approximate surface area is 145 Å². The molecule has 0 bridgehead atoms. The van der Waals surface area contributed by atoms with Crippen LogP contribution in [0.1, 0.15) is 42.9 Å². The summed E-state index contributed by atoms with van der Waals surface area (Å²) in [6.45, 7) is 5.03. The van der Waals surface area contributed by atoms with Gasteiger partial charge >= 0.3 is 5.97 Å². The van der Waals surface area contributed by atoms with Gasteiger partial charge in [0.25, 0.3) is 5.91 Å². The number of aryl methyl sites for hydroxylation is 1. The van der Waals surface area contributed by atoms with Crippen LogP contribution in [0.15, 0.2) is 18.3 Å². The lowest BCUT2D eigenvalue weighted by Gasteiger charge is -2.31. The molecule has 134 valence electrons. The quantitative estimate of drug-likeness (QED) is 0.797. The van der Waals surface area contributed by atoms with Crippen molar-refractivity contribution >= 4 is 17.5 Å². The van der Waals surface area contributed by atoms with Gasteiger partial charge in [-0.25, -0.2) is 9.37 Å². The Hall–Kier alpha value is -2.44. The van der Waals surface area contributed by atoms with Crippen molar-refractivity contribution in [1.29, 1.82) is 0 Å². The first-order chi connectivity index (χ1) is 12.0. The maximum atomic E-state index is 13.6. The van der Waals surface area contributed by atoms with E-state index in [9.17, 15) is 14.0 Å². The van der Waals surface area contributed by atoms with Gasteiger partial charge in [0.15, 0.2) is 0 Å². The highest BCUT2D eigenvalue weighted by Crippen LogP contribution is 2.22. The number of nitrogens with zero attached hydrogens (tertiary/aromatic N) is 3. The van der Waals surface area contributed by atoms with E-state index in [4.69, 9.17) is 4.74 Å². The number of carbonyl (C=O) groups excluding carboxylic acids is 2. The smallest absolute Gasteiger partial charge is 0.309 e. The summed E-state index contributed by atoms with van der Waals surface area (Å²) in [6, 6.07) is 2.90. The molecule has 25 heavy (non-hydrogen) atoms. The van der Waals surface area contributed by atoms with E-state index < -0.39 is 5.82 Å². The van der Waals surface area contributed by atoms with Crippen LogP contribution in [-0.2, 0) is 16.0 Å². The van der Waals surface area contributed by atoms with Gasteiger partial charge in [-0.15, -0.1) is 0 Å². The van der Waals surface area contributed by atoms with Crippen LogP contribution in [0.5, 0.6) is 0 Å². The number of carbonyl (C=O) groups is 2. The molecule has 0 N–H and O–H groups in total. The first-order valence-electron chi connectivity index (χ1n) is 8.67. The second-order valence-corrected chi connectivity index (χ2v) is 6.15. The molecule has 3 rings (SSSR count). The maximum absolute atomic E-state index is 13.6. The molecule has 1 saturated heterocycles. The number of rotatable bonds is 4. The van der Waals surface area contributed by atoms with Crippen LogP contribution in [0.25, 0.3) is 5.65 Å².